The molecule has 1 aliphatic heterocycles. The van der Waals surface area contributed by atoms with Crippen LogP contribution >= 0.6 is 39.9 Å². The number of benzene rings is 1. The number of thioether (sulfide) groups is 1. The van der Waals surface area contributed by atoms with Gasteiger partial charge in [-0.25, -0.2) is 0 Å². The van der Waals surface area contributed by atoms with Crippen molar-refractivity contribution in [1.29, 1.82) is 0 Å². The fraction of sp³-hybridized carbons (Fsp3) is 0.111. The Hall–Kier alpha value is -2.43. The molecule has 0 bridgehead atoms. The van der Waals surface area contributed by atoms with Crippen molar-refractivity contribution in [1.82, 2.24) is 4.90 Å². The number of halogens is 1. The van der Waals surface area contributed by atoms with E-state index in [4.69, 9.17) is 16.6 Å². The van der Waals surface area contributed by atoms with E-state index in [1.165, 1.54) is 6.08 Å². The van der Waals surface area contributed by atoms with E-state index in [1.54, 1.807) is 12.1 Å². The molecule has 2 aromatic rings. The van der Waals surface area contributed by atoms with Crippen LogP contribution in [0.15, 0.2) is 50.2 Å². The van der Waals surface area contributed by atoms with Crippen LogP contribution in [0.1, 0.15) is 12.2 Å². The van der Waals surface area contributed by atoms with Crippen LogP contribution < -0.4 is 10.2 Å². The highest BCUT2D eigenvalue weighted by molar-refractivity contribution is 9.10. The summed E-state index contributed by atoms with van der Waals surface area (Å²) in [4.78, 5) is 35.4. The van der Waals surface area contributed by atoms with E-state index in [1.807, 2.05) is 24.3 Å². The minimum absolute atomic E-state index is 0.0774. The first-order valence-corrected chi connectivity index (χ1v) is 9.81. The molecule has 144 valence electrons. The van der Waals surface area contributed by atoms with Crippen molar-refractivity contribution in [2.24, 2.45) is 0 Å². The van der Waals surface area contributed by atoms with E-state index in [0.717, 1.165) is 26.7 Å². The summed E-state index contributed by atoms with van der Waals surface area (Å²) in [5.41, 5.74) is 0.835. The maximum absolute atomic E-state index is 12.6. The van der Waals surface area contributed by atoms with Crippen LogP contribution in [0.25, 0.3) is 17.4 Å². The third-order valence-electron chi connectivity index (χ3n) is 3.80. The summed E-state index contributed by atoms with van der Waals surface area (Å²) in [6.07, 6.45) is 0.504. The molecule has 0 radical (unpaired) electrons. The standard InChI is InChI=1S/C18H12BrNO6S2/c19-10-3-1-9(2-4-10)13-6-5-11(26-13)7-14-16(23)20(18(27)28-14)12(17(24)25)8-15(21)22/h1-7,12H,8H2,(H,21,22)(H,24,25)/p-2/b14-7-/t12-/m0/s1. The molecule has 10 heteroatoms. The molecule has 1 amide bonds. The fourth-order valence-electron chi connectivity index (χ4n) is 2.52. The smallest absolute Gasteiger partial charge is 0.266 e. The Morgan fingerprint density at radius 3 is 2.50 bits per heavy atom. The predicted molar refractivity (Wildman–Crippen MR) is 105 cm³/mol. The molecule has 0 unspecified atom stereocenters. The Labute approximate surface area is 177 Å². The molecular weight excluding hydrogens is 470 g/mol. The molecule has 1 fully saturated rings. The molecule has 7 nitrogen and oxygen atoms in total. The topological polar surface area (TPSA) is 114 Å². The van der Waals surface area contributed by atoms with Gasteiger partial charge in [0.2, 0.25) is 0 Å². The Morgan fingerprint density at radius 2 is 1.89 bits per heavy atom. The summed E-state index contributed by atoms with van der Waals surface area (Å²) in [7, 11) is 0. The van der Waals surface area contributed by atoms with Crippen molar-refractivity contribution in [3.63, 3.8) is 0 Å². The third-order valence-corrected chi connectivity index (χ3v) is 5.66. The van der Waals surface area contributed by atoms with Crippen LogP contribution in [0.5, 0.6) is 0 Å². The van der Waals surface area contributed by atoms with E-state index in [9.17, 15) is 24.6 Å². The molecule has 0 spiro atoms. The number of carboxylic acid groups (broad SMARTS) is 2. The van der Waals surface area contributed by atoms with Gasteiger partial charge in [-0.1, -0.05) is 52.0 Å². The highest BCUT2D eigenvalue weighted by atomic mass is 79.9. The summed E-state index contributed by atoms with van der Waals surface area (Å²) >= 11 is 9.25. The van der Waals surface area contributed by atoms with Crippen LogP contribution in [-0.2, 0) is 14.4 Å². The molecule has 1 saturated heterocycles. The van der Waals surface area contributed by atoms with Gasteiger partial charge in [0, 0.05) is 28.5 Å². The Morgan fingerprint density at radius 1 is 1.21 bits per heavy atom. The Balaban J connectivity index is 1.85. The van der Waals surface area contributed by atoms with E-state index in [-0.39, 0.29) is 9.23 Å². The lowest BCUT2D eigenvalue weighted by Gasteiger charge is -2.27. The first kappa shape index (κ1) is 20.3. The van der Waals surface area contributed by atoms with Gasteiger partial charge in [-0.3, -0.25) is 9.69 Å². The van der Waals surface area contributed by atoms with Gasteiger partial charge in [-0.15, -0.1) is 0 Å². The van der Waals surface area contributed by atoms with Crippen molar-refractivity contribution in [3.8, 4) is 11.3 Å². The van der Waals surface area contributed by atoms with Crippen molar-refractivity contribution in [2.75, 3.05) is 0 Å². The molecule has 28 heavy (non-hydrogen) atoms. The fourth-order valence-corrected chi connectivity index (χ4v) is 4.12. The summed E-state index contributed by atoms with van der Waals surface area (Å²) in [6.45, 7) is 0. The summed E-state index contributed by atoms with van der Waals surface area (Å²) in [6, 6.07) is 9.09. The first-order chi connectivity index (χ1) is 13.3. The lowest BCUT2D eigenvalue weighted by atomic mass is 10.2. The van der Waals surface area contributed by atoms with E-state index < -0.39 is 30.3 Å². The highest BCUT2D eigenvalue weighted by Crippen LogP contribution is 2.35. The molecular formula is C18H10BrNO6S2-2. The Kier molecular flexibility index (Phi) is 6.01. The lowest BCUT2D eigenvalue weighted by molar-refractivity contribution is -0.319. The molecule has 1 aromatic heterocycles. The molecule has 0 N–H and O–H groups in total. The van der Waals surface area contributed by atoms with Crippen LogP contribution in [0, 0.1) is 0 Å². The number of nitrogens with zero attached hydrogens (tertiary/aromatic N) is 1. The molecule has 0 saturated carbocycles. The lowest BCUT2D eigenvalue weighted by Crippen LogP contribution is -2.52. The number of carbonyl (C=O) groups is 3. The zero-order chi connectivity index (χ0) is 20.4. The van der Waals surface area contributed by atoms with Gasteiger partial charge in [-0.05, 0) is 24.3 Å². The quantitative estimate of drug-likeness (QED) is 0.447. The van der Waals surface area contributed by atoms with Gasteiger partial charge < -0.3 is 24.2 Å². The molecule has 3 rings (SSSR count). The molecule has 2 heterocycles. The monoisotopic (exact) mass is 479 g/mol. The van der Waals surface area contributed by atoms with Crippen LogP contribution in [-0.4, -0.2) is 33.1 Å². The average Bonchev–Trinajstić information content (AvgIpc) is 3.19. The summed E-state index contributed by atoms with van der Waals surface area (Å²) in [5, 5.41) is 22.0. The molecule has 1 atom stereocenters. The SMILES string of the molecule is O=C([O-])C[C@@H](C(=O)[O-])N1C(=O)/C(=C/c2ccc(-c3ccc(Br)cc3)o2)SC1=S. The minimum atomic E-state index is -1.74. The number of thiocarbonyl (C=S) groups is 1. The first-order valence-electron chi connectivity index (χ1n) is 7.80. The third kappa shape index (κ3) is 4.34. The molecule has 1 aromatic carbocycles. The van der Waals surface area contributed by atoms with Gasteiger partial charge in [0.1, 0.15) is 15.8 Å². The van der Waals surface area contributed by atoms with Crippen molar-refractivity contribution in [3.05, 3.63) is 51.5 Å². The Bertz CT molecular complexity index is 998. The van der Waals surface area contributed by atoms with Crippen molar-refractivity contribution >= 4 is 68.2 Å². The molecule has 0 aliphatic carbocycles. The van der Waals surface area contributed by atoms with E-state index in [0.29, 0.717) is 11.5 Å². The second kappa shape index (κ2) is 8.29. The highest BCUT2D eigenvalue weighted by Gasteiger charge is 2.38. The number of hydrogen-bond donors (Lipinski definition) is 0. The normalized spacial score (nSPS) is 16.6. The van der Waals surface area contributed by atoms with E-state index >= 15 is 0 Å². The number of rotatable bonds is 6. The number of amides is 1. The largest absolute Gasteiger partial charge is 0.550 e. The van der Waals surface area contributed by atoms with E-state index in [2.05, 4.69) is 15.9 Å². The zero-order valence-electron chi connectivity index (χ0n) is 13.9. The number of carboxylic acids is 2. The van der Waals surface area contributed by atoms with Crippen LogP contribution in [0.3, 0.4) is 0 Å². The van der Waals surface area contributed by atoms with Crippen molar-refractivity contribution in [2.45, 2.75) is 12.5 Å². The minimum Gasteiger partial charge on any atom is -0.550 e. The predicted octanol–water partition coefficient (Wildman–Crippen LogP) is 1.17. The van der Waals surface area contributed by atoms with Crippen LogP contribution in [0.2, 0.25) is 0 Å². The maximum Gasteiger partial charge on any atom is 0.266 e. The summed E-state index contributed by atoms with van der Waals surface area (Å²) < 4.78 is 6.56. The van der Waals surface area contributed by atoms with Gasteiger partial charge in [-0.2, -0.15) is 0 Å². The summed E-state index contributed by atoms with van der Waals surface area (Å²) in [5.74, 6) is -3.14. The molecule has 1 aliphatic rings. The van der Waals surface area contributed by atoms with Crippen LogP contribution in [0.4, 0.5) is 0 Å². The van der Waals surface area contributed by atoms with Gasteiger partial charge in [0.15, 0.2) is 0 Å². The van der Waals surface area contributed by atoms with Gasteiger partial charge in [0.05, 0.1) is 16.9 Å². The number of hydrogen-bond acceptors (Lipinski definition) is 8. The maximum atomic E-state index is 12.6. The average molecular weight is 480 g/mol. The zero-order valence-corrected chi connectivity index (χ0v) is 17.1. The number of aliphatic carboxylic acids is 2. The van der Waals surface area contributed by atoms with Gasteiger partial charge in [0.25, 0.3) is 5.91 Å². The number of furan rings is 1. The van der Waals surface area contributed by atoms with Gasteiger partial charge >= 0.3 is 0 Å². The van der Waals surface area contributed by atoms with Crippen molar-refractivity contribution < 1.29 is 29.0 Å². The second-order valence-electron chi connectivity index (χ2n) is 5.67. The second-order valence-corrected chi connectivity index (χ2v) is 8.26. The number of carbonyl (C=O) groups excluding carboxylic acids is 3.